The molecule has 1 aromatic carbocycles. The molecule has 0 amide bonds. The summed E-state index contributed by atoms with van der Waals surface area (Å²) in [5.41, 5.74) is -3.20. The minimum Gasteiger partial charge on any atom is -0.496 e. The normalized spacial score (nSPS) is 35.0. The molecule has 25 heavy (non-hydrogen) atoms. The van der Waals surface area contributed by atoms with Gasteiger partial charge in [-0.3, -0.25) is 5.41 Å². The first kappa shape index (κ1) is 16.8. The average Bonchev–Trinajstić information content (AvgIpc) is 2.63. The Bertz CT molecular complexity index is 864. The van der Waals surface area contributed by atoms with Crippen LogP contribution in [0.3, 0.4) is 0 Å². The second-order valence-corrected chi connectivity index (χ2v) is 6.36. The summed E-state index contributed by atoms with van der Waals surface area (Å²) in [6, 6.07) is 12.9. The molecule has 7 heteroatoms. The maximum atomic E-state index is 10.0. The molecule has 0 aliphatic carbocycles. The van der Waals surface area contributed by atoms with E-state index in [4.69, 9.17) is 19.6 Å². The number of fused-ring (bicyclic) bond motifs is 3. The third-order valence-electron chi connectivity index (χ3n) is 5.42. The molecule has 0 saturated carbocycles. The van der Waals surface area contributed by atoms with E-state index in [1.165, 1.54) is 7.11 Å². The molecule has 2 bridgehead atoms. The fourth-order valence-electron chi connectivity index (χ4n) is 3.83. The summed E-state index contributed by atoms with van der Waals surface area (Å²) in [7, 11) is 1.48. The quantitative estimate of drug-likeness (QED) is 0.885. The lowest BCUT2D eigenvalue weighted by Gasteiger charge is -2.60. The Morgan fingerprint density at radius 2 is 1.80 bits per heavy atom. The van der Waals surface area contributed by atoms with Crippen molar-refractivity contribution in [1.82, 2.24) is 0 Å². The Balaban J connectivity index is 2.37. The van der Waals surface area contributed by atoms with E-state index >= 15 is 0 Å². The molecule has 0 unspecified atom stereocenters. The number of benzene rings is 1. The third kappa shape index (κ3) is 1.72. The van der Waals surface area contributed by atoms with E-state index in [9.17, 15) is 15.8 Å². The van der Waals surface area contributed by atoms with Crippen LogP contribution in [0.2, 0.25) is 0 Å². The predicted octanol–water partition coefficient (Wildman–Crippen LogP) is 2.67. The van der Waals surface area contributed by atoms with Crippen LogP contribution in [0.4, 0.5) is 0 Å². The van der Waals surface area contributed by atoms with Gasteiger partial charge in [-0.1, -0.05) is 25.1 Å². The molecule has 0 radical (unpaired) electrons. The monoisotopic (exact) mass is 336 g/mol. The SMILES string of the molecule is COc1ccccc1[C@H]1O[C@]2(C)OC(=N)[C@]1(C#N)C(C#N)(C#N)[C@H]2C. The van der Waals surface area contributed by atoms with E-state index in [1.807, 2.05) is 18.2 Å². The second-order valence-electron chi connectivity index (χ2n) is 6.36. The smallest absolute Gasteiger partial charge is 0.215 e. The molecule has 3 fully saturated rings. The molecular weight excluding hydrogens is 320 g/mol. The van der Waals surface area contributed by atoms with Gasteiger partial charge in [-0.15, -0.1) is 0 Å². The fourth-order valence-corrected chi connectivity index (χ4v) is 3.83. The Labute approximate surface area is 145 Å². The summed E-state index contributed by atoms with van der Waals surface area (Å²) in [5, 5.41) is 38.2. The zero-order chi connectivity index (χ0) is 18.5. The van der Waals surface area contributed by atoms with Gasteiger partial charge in [-0.05, 0) is 6.07 Å². The molecule has 0 spiro atoms. The number of para-hydroxylation sites is 1. The lowest BCUT2D eigenvalue weighted by atomic mass is 9.51. The van der Waals surface area contributed by atoms with Gasteiger partial charge in [0, 0.05) is 12.5 Å². The Morgan fingerprint density at radius 3 is 2.36 bits per heavy atom. The summed E-state index contributed by atoms with van der Waals surface area (Å²) in [5.74, 6) is -2.11. The maximum Gasteiger partial charge on any atom is 0.215 e. The van der Waals surface area contributed by atoms with E-state index in [1.54, 1.807) is 38.1 Å². The van der Waals surface area contributed by atoms with E-state index in [0.717, 1.165) is 0 Å². The van der Waals surface area contributed by atoms with Gasteiger partial charge < -0.3 is 14.2 Å². The van der Waals surface area contributed by atoms with Crippen LogP contribution in [0.25, 0.3) is 0 Å². The van der Waals surface area contributed by atoms with Gasteiger partial charge in [0.25, 0.3) is 0 Å². The molecule has 7 nitrogen and oxygen atoms in total. The first-order valence-corrected chi connectivity index (χ1v) is 7.69. The minimum atomic E-state index is -1.90. The molecule has 3 heterocycles. The summed E-state index contributed by atoms with van der Waals surface area (Å²) in [4.78, 5) is 0. The summed E-state index contributed by atoms with van der Waals surface area (Å²) < 4.78 is 17.0. The molecular formula is C18H16N4O3. The van der Waals surface area contributed by atoms with Gasteiger partial charge >= 0.3 is 0 Å². The van der Waals surface area contributed by atoms with Gasteiger partial charge in [-0.25, -0.2) is 0 Å². The first-order valence-electron chi connectivity index (χ1n) is 7.69. The highest BCUT2D eigenvalue weighted by atomic mass is 16.7. The van der Waals surface area contributed by atoms with Crippen molar-refractivity contribution in [2.45, 2.75) is 25.7 Å². The highest BCUT2D eigenvalue weighted by Gasteiger charge is 2.78. The molecule has 3 saturated heterocycles. The molecule has 4 rings (SSSR count). The van der Waals surface area contributed by atoms with Crippen molar-refractivity contribution in [3.63, 3.8) is 0 Å². The van der Waals surface area contributed by atoms with E-state index in [2.05, 4.69) is 0 Å². The van der Waals surface area contributed by atoms with Crippen molar-refractivity contribution in [3.8, 4) is 24.0 Å². The zero-order valence-electron chi connectivity index (χ0n) is 14.0. The number of hydrogen-bond acceptors (Lipinski definition) is 7. The lowest BCUT2D eigenvalue weighted by molar-refractivity contribution is -0.338. The number of nitrogens with zero attached hydrogens (tertiary/aromatic N) is 3. The first-order chi connectivity index (χ1) is 11.9. The van der Waals surface area contributed by atoms with Crippen LogP contribution < -0.4 is 4.74 Å². The van der Waals surface area contributed by atoms with Gasteiger partial charge in [0.05, 0.1) is 31.2 Å². The molecule has 3 aliphatic heterocycles. The lowest BCUT2D eigenvalue weighted by Crippen LogP contribution is -2.71. The number of nitriles is 3. The number of nitrogens with one attached hydrogen (secondary N) is 1. The van der Waals surface area contributed by atoms with E-state index in [0.29, 0.717) is 11.3 Å². The maximum absolute atomic E-state index is 10.0. The van der Waals surface area contributed by atoms with Crippen molar-refractivity contribution >= 4 is 5.90 Å². The number of rotatable bonds is 2. The molecule has 0 aromatic heterocycles. The van der Waals surface area contributed by atoms with Crippen molar-refractivity contribution in [2.24, 2.45) is 16.7 Å². The van der Waals surface area contributed by atoms with Crippen LogP contribution in [-0.4, -0.2) is 18.8 Å². The van der Waals surface area contributed by atoms with Gasteiger partial charge in [-0.2, -0.15) is 15.8 Å². The van der Waals surface area contributed by atoms with Crippen molar-refractivity contribution in [1.29, 1.82) is 21.2 Å². The number of ether oxygens (including phenoxy) is 3. The largest absolute Gasteiger partial charge is 0.496 e. The van der Waals surface area contributed by atoms with Crippen molar-refractivity contribution in [2.75, 3.05) is 7.11 Å². The molecule has 3 aliphatic rings. The second kappa shape index (κ2) is 5.21. The molecule has 4 atom stereocenters. The van der Waals surface area contributed by atoms with Crippen LogP contribution in [0.1, 0.15) is 25.5 Å². The highest BCUT2D eigenvalue weighted by molar-refractivity contribution is 5.89. The molecule has 126 valence electrons. The van der Waals surface area contributed by atoms with Gasteiger partial charge in [0.15, 0.2) is 10.8 Å². The number of methoxy groups -OCH3 is 1. The van der Waals surface area contributed by atoms with Crippen LogP contribution in [0.15, 0.2) is 24.3 Å². The summed E-state index contributed by atoms with van der Waals surface area (Å²) >= 11 is 0. The average molecular weight is 336 g/mol. The topological polar surface area (TPSA) is 123 Å². The van der Waals surface area contributed by atoms with E-state index < -0.39 is 34.5 Å². The highest BCUT2D eigenvalue weighted by Crippen LogP contribution is 2.66. The standard InChI is InChI=1S/C18H16N4O3/c1-11-16(2)24-14(12-6-4-5-7-13(12)23-3)18(10-21,15(22)25-16)17(11,8-19)9-20/h4-7,11,14,22H,1-3H3/t11-,14+,16+,18+/m0/s1. The summed E-state index contributed by atoms with van der Waals surface area (Å²) in [6.45, 7) is 3.21. The predicted molar refractivity (Wildman–Crippen MR) is 84.9 cm³/mol. The van der Waals surface area contributed by atoms with Gasteiger partial charge in [0.1, 0.15) is 11.9 Å². The van der Waals surface area contributed by atoms with Crippen LogP contribution in [0.5, 0.6) is 5.75 Å². The zero-order valence-corrected chi connectivity index (χ0v) is 14.0. The van der Waals surface area contributed by atoms with Crippen LogP contribution in [-0.2, 0) is 9.47 Å². The van der Waals surface area contributed by atoms with Crippen LogP contribution >= 0.6 is 0 Å². The fraction of sp³-hybridized carbons (Fsp3) is 0.444. The Hall–Kier alpha value is -3.08. The van der Waals surface area contributed by atoms with Crippen molar-refractivity contribution < 1.29 is 14.2 Å². The Morgan fingerprint density at radius 1 is 1.16 bits per heavy atom. The van der Waals surface area contributed by atoms with Crippen molar-refractivity contribution in [3.05, 3.63) is 29.8 Å². The van der Waals surface area contributed by atoms with E-state index in [-0.39, 0.29) is 0 Å². The third-order valence-corrected chi connectivity index (χ3v) is 5.42. The van der Waals surface area contributed by atoms with Gasteiger partial charge in [0.2, 0.25) is 11.7 Å². The molecule has 1 aromatic rings. The van der Waals surface area contributed by atoms with Crippen LogP contribution in [0, 0.1) is 56.2 Å². The summed E-state index contributed by atoms with van der Waals surface area (Å²) in [6.07, 6.45) is -1.05. The number of hydrogen-bond donors (Lipinski definition) is 1. The Kier molecular flexibility index (Phi) is 3.49. The molecule has 1 N–H and O–H groups in total. The minimum absolute atomic E-state index is 0.430.